The van der Waals surface area contributed by atoms with Gasteiger partial charge in [0.15, 0.2) is 0 Å². The van der Waals surface area contributed by atoms with Crippen molar-refractivity contribution in [3.8, 4) is 11.5 Å². The van der Waals surface area contributed by atoms with Crippen molar-refractivity contribution in [2.24, 2.45) is 0 Å². The highest BCUT2D eigenvalue weighted by Crippen LogP contribution is 2.38. The molecule has 0 aliphatic heterocycles. The van der Waals surface area contributed by atoms with Gasteiger partial charge in [-0.1, -0.05) is 39.7 Å². The Bertz CT molecular complexity index is 555. The van der Waals surface area contributed by atoms with Crippen LogP contribution in [0.5, 0.6) is 11.5 Å². The maximum Gasteiger partial charge on any atom is 0.123 e. The number of methoxy groups -OCH3 is 2. The smallest absolute Gasteiger partial charge is 0.123 e. The van der Waals surface area contributed by atoms with Crippen LogP contribution in [-0.4, -0.2) is 14.2 Å². The Hall–Kier alpha value is -1.19. The molecule has 1 unspecified atom stereocenters. The van der Waals surface area contributed by atoms with Crippen LogP contribution in [0.2, 0.25) is 5.02 Å². The second-order valence-corrected chi connectivity index (χ2v) is 5.37. The zero-order chi connectivity index (χ0) is 13.8. The van der Waals surface area contributed by atoms with Crippen LogP contribution in [0.4, 0.5) is 0 Å². The number of halogens is 2. The number of ether oxygens (including phenoxy) is 2. The minimum Gasteiger partial charge on any atom is -0.497 e. The molecule has 2 nitrogen and oxygen atoms in total. The predicted octanol–water partition coefficient (Wildman–Crippen LogP) is 4.84. The van der Waals surface area contributed by atoms with Gasteiger partial charge in [-0.25, -0.2) is 0 Å². The monoisotopic (exact) mass is 340 g/mol. The van der Waals surface area contributed by atoms with Gasteiger partial charge in [0, 0.05) is 10.6 Å². The molecule has 19 heavy (non-hydrogen) atoms. The molecule has 0 saturated heterocycles. The van der Waals surface area contributed by atoms with Crippen molar-refractivity contribution in [2.45, 2.75) is 4.83 Å². The average molecular weight is 342 g/mol. The lowest BCUT2D eigenvalue weighted by Crippen LogP contribution is -1.97. The lowest BCUT2D eigenvalue weighted by molar-refractivity contribution is 0.410. The quantitative estimate of drug-likeness (QED) is 0.741. The summed E-state index contributed by atoms with van der Waals surface area (Å²) in [6.45, 7) is 0. The van der Waals surface area contributed by atoms with Crippen molar-refractivity contribution >= 4 is 27.5 Å². The summed E-state index contributed by atoms with van der Waals surface area (Å²) in [6.07, 6.45) is 0. The summed E-state index contributed by atoms with van der Waals surface area (Å²) < 4.78 is 10.5. The predicted molar refractivity (Wildman–Crippen MR) is 81.8 cm³/mol. The Labute approximate surface area is 126 Å². The molecule has 0 fully saturated rings. The molecule has 0 amide bonds. The Morgan fingerprint density at radius 1 is 1.00 bits per heavy atom. The maximum atomic E-state index is 6.06. The van der Waals surface area contributed by atoms with Crippen molar-refractivity contribution in [3.05, 3.63) is 58.6 Å². The molecule has 100 valence electrons. The zero-order valence-corrected chi connectivity index (χ0v) is 13.0. The van der Waals surface area contributed by atoms with Crippen LogP contribution in [0.25, 0.3) is 0 Å². The van der Waals surface area contributed by atoms with Gasteiger partial charge >= 0.3 is 0 Å². The van der Waals surface area contributed by atoms with Gasteiger partial charge < -0.3 is 9.47 Å². The molecular weight excluding hydrogens is 328 g/mol. The van der Waals surface area contributed by atoms with Crippen LogP contribution in [0, 0.1) is 0 Å². The number of hydrogen-bond donors (Lipinski definition) is 0. The van der Waals surface area contributed by atoms with Crippen molar-refractivity contribution in [1.29, 1.82) is 0 Å². The molecule has 0 aliphatic carbocycles. The molecule has 2 aromatic carbocycles. The first-order valence-electron chi connectivity index (χ1n) is 5.77. The van der Waals surface area contributed by atoms with E-state index in [1.807, 2.05) is 42.5 Å². The topological polar surface area (TPSA) is 18.5 Å². The van der Waals surface area contributed by atoms with E-state index in [9.17, 15) is 0 Å². The van der Waals surface area contributed by atoms with Gasteiger partial charge in [0.05, 0.1) is 19.0 Å². The Morgan fingerprint density at radius 3 is 2.26 bits per heavy atom. The molecule has 1 atom stereocenters. The minimum absolute atomic E-state index is 0.0204. The SMILES string of the molecule is COc1ccc(C(Br)c2cc(Cl)ccc2OC)cc1. The normalized spacial score (nSPS) is 12.0. The van der Waals surface area contributed by atoms with Gasteiger partial charge in [0.25, 0.3) is 0 Å². The molecular formula is C15H14BrClO2. The lowest BCUT2D eigenvalue weighted by atomic mass is 10.0. The first-order valence-corrected chi connectivity index (χ1v) is 7.06. The summed E-state index contributed by atoms with van der Waals surface area (Å²) in [6, 6.07) is 13.5. The van der Waals surface area contributed by atoms with E-state index in [4.69, 9.17) is 21.1 Å². The van der Waals surface area contributed by atoms with E-state index >= 15 is 0 Å². The van der Waals surface area contributed by atoms with E-state index < -0.39 is 0 Å². The highest BCUT2D eigenvalue weighted by molar-refractivity contribution is 9.09. The molecule has 0 spiro atoms. The zero-order valence-electron chi connectivity index (χ0n) is 10.7. The largest absolute Gasteiger partial charge is 0.497 e. The van der Waals surface area contributed by atoms with Crippen LogP contribution in [0.15, 0.2) is 42.5 Å². The fraction of sp³-hybridized carbons (Fsp3) is 0.200. The number of alkyl halides is 1. The standard InChI is InChI=1S/C15H14BrClO2/c1-18-12-6-3-10(4-7-12)15(16)13-9-11(17)5-8-14(13)19-2/h3-9,15H,1-2H3. The summed E-state index contributed by atoms with van der Waals surface area (Å²) >= 11 is 9.74. The first-order chi connectivity index (χ1) is 9.15. The summed E-state index contributed by atoms with van der Waals surface area (Å²) in [5.74, 6) is 1.64. The van der Waals surface area contributed by atoms with Gasteiger partial charge in [-0.2, -0.15) is 0 Å². The number of rotatable bonds is 4. The second-order valence-electron chi connectivity index (χ2n) is 4.02. The van der Waals surface area contributed by atoms with E-state index in [2.05, 4.69) is 15.9 Å². The van der Waals surface area contributed by atoms with Crippen LogP contribution in [0.1, 0.15) is 16.0 Å². The summed E-state index contributed by atoms with van der Waals surface area (Å²) in [5, 5.41) is 0.689. The van der Waals surface area contributed by atoms with Crippen LogP contribution in [-0.2, 0) is 0 Å². The van der Waals surface area contributed by atoms with Crippen LogP contribution < -0.4 is 9.47 Å². The highest BCUT2D eigenvalue weighted by atomic mass is 79.9. The van der Waals surface area contributed by atoms with Crippen molar-refractivity contribution in [1.82, 2.24) is 0 Å². The molecule has 2 rings (SSSR count). The van der Waals surface area contributed by atoms with E-state index in [1.54, 1.807) is 14.2 Å². The van der Waals surface area contributed by atoms with Crippen LogP contribution in [0.3, 0.4) is 0 Å². The minimum atomic E-state index is 0.0204. The van der Waals surface area contributed by atoms with Gasteiger partial charge in [0.2, 0.25) is 0 Å². The van der Waals surface area contributed by atoms with Crippen LogP contribution >= 0.6 is 27.5 Å². The van der Waals surface area contributed by atoms with Gasteiger partial charge in [-0.3, -0.25) is 0 Å². The number of benzene rings is 2. The van der Waals surface area contributed by atoms with Gasteiger partial charge in [-0.05, 0) is 35.9 Å². The fourth-order valence-electron chi connectivity index (χ4n) is 1.86. The average Bonchev–Trinajstić information content (AvgIpc) is 2.46. The van der Waals surface area contributed by atoms with Crippen molar-refractivity contribution < 1.29 is 9.47 Å². The molecule has 0 heterocycles. The van der Waals surface area contributed by atoms with E-state index in [-0.39, 0.29) is 4.83 Å². The van der Waals surface area contributed by atoms with E-state index in [1.165, 1.54) is 0 Å². The van der Waals surface area contributed by atoms with E-state index in [0.29, 0.717) is 5.02 Å². The Kier molecular flexibility index (Phi) is 4.72. The molecule has 0 radical (unpaired) electrons. The Balaban J connectivity index is 2.36. The molecule has 0 bridgehead atoms. The Morgan fingerprint density at radius 2 is 1.68 bits per heavy atom. The molecule has 0 aliphatic rings. The highest BCUT2D eigenvalue weighted by Gasteiger charge is 2.15. The second kappa shape index (κ2) is 6.31. The van der Waals surface area contributed by atoms with E-state index in [0.717, 1.165) is 22.6 Å². The molecule has 4 heteroatoms. The molecule has 2 aromatic rings. The molecule has 0 aromatic heterocycles. The molecule has 0 saturated carbocycles. The summed E-state index contributed by atoms with van der Waals surface area (Å²) in [5.41, 5.74) is 2.11. The summed E-state index contributed by atoms with van der Waals surface area (Å²) in [4.78, 5) is 0.0204. The third kappa shape index (κ3) is 3.23. The van der Waals surface area contributed by atoms with Crippen molar-refractivity contribution in [2.75, 3.05) is 14.2 Å². The third-order valence-corrected chi connectivity index (χ3v) is 4.13. The summed E-state index contributed by atoms with van der Waals surface area (Å²) in [7, 11) is 3.31. The maximum absolute atomic E-state index is 6.06. The van der Waals surface area contributed by atoms with Gasteiger partial charge in [0.1, 0.15) is 11.5 Å². The fourth-order valence-corrected chi connectivity index (χ4v) is 2.70. The first kappa shape index (κ1) is 14.2. The van der Waals surface area contributed by atoms with Gasteiger partial charge in [-0.15, -0.1) is 0 Å². The lowest BCUT2D eigenvalue weighted by Gasteiger charge is -2.15. The number of hydrogen-bond acceptors (Lipinski definition) is 2. The van der Waals surface area contributed by atoms with Crippen molar-refractivity contribution in [3.63, 3.8) is 0 Å². The molecule has 0 N–H and O–H groups in total. The third-order valence-electron chi connectivity index (χ3n) is 2.87.